The molecule has 1 nitrogen and oxygen atoms in total. The lowest BCUT2D eigenvalue weighted by atomic mass is 10.2. The van der Waals surface area contributed by atoms with Gasteiger partial charge in [-0.15, -0.1) is 0 Å². The third-order valence-corrected chi connectivity index (χ3v) is 1.25. The Bertz CT molecular complexity index is 215. The topological polar surface area (TPSA) is 12.4 Å². The molecule has 0 rings (SSSR count). The van der Waals surface area contributed by atoms with Crippen molar-refractivity contribution in [3.63, 3.8) is 0 Å². The molecule has 0 aromatic carbocycles. The first-order valence-corrected chi connectivity index (χ1v) is 3.59. The summed E-state index contributed by atoms with van der Waals surface area (Å²) >= 11 is 0. The van der Waals surface area contributed by atoms with Crippen LogP contribution in [0.5, 0.6) is 0 Å². The van der Waals surface area contributed by atoms with Crippen molar-refractivity contribution in [3.05, 3.63) is 36.6 Å². The van der Waals surface area contributed by atoms with Gasteiger partial charge >= 0.3 is 0 Å². The zero-order chi connectivity index (χ0) is 8.85. The molecule has 0 saturated carbocycles. The third kappa shape index (κ3) is 3.56. The average molecular weight is 149 g/mol. The van der Waals surface area contributed by atoms with Crippen LogP contribution in [0.2, 0.25) is 0 Å². The average Bonchev–Trinajstić information content (AvgIpc) is 1.98. The molecule has 0 amide bonds. The molecular formula is C10H15N. The molecule has 0 aromatic heterocycles. The molecule has 0 fully saturated rings. The molecule has 0 saturated heterocycles. The molecule has 11 heavy (non-hydrogen) atoms. The second-order valence-electron chi connectivity index (χ2n) is 2.54. The summed E-state index contributed by atoms with van der Waals surface area (Å²) in [6, 6.07) is 0. The minimum absolute atomic E-state index is 0.903. The van der Waals surface area contributed by atoms with E-state index in [1.165, 1.54) is 0 Å². The van der Waals surface area contributed by atoms with E-state index in [-0.39, 0.29) is 0 Å². The largest absolute Gasteiger partial charge is 0.258 e. The van der Waals surface area contributed by atoms with Crippen LogP contribution in [0.15, 0.2) is 41.6 Å². The van der Waals surface area contributed by atoms with Gasteiger partial charge in [0.05, 0.1) is 5.70 Å². The van der Waals surface area contributed by atoms with Crippen LogP contribution in [0.25, 0.3) is 0 Å². The molecule has 60 valence electrons. The van der Waals surface area contributed by atoms with Crippen LogP contribution >= 0.6 is 0 Å². The van der Waals surface area contributed by atoms with Crippen molar-refractivity contribution in [2.24, 2.45) is 4.99 Å². The molecule has 0 radical (unpaired) electrons. The molecule has 0 N–H and O–H groups in total. The molecule has 0 aliphatic heterocycles. The SMILES string of the molecule is C=C/C(C)=C(\C=C)N=C(C)C. The van der Waals surface area contributed by atoms with E-state index in [1.54, 1.807) is 12.2 Å². The first-order valence-electron chi connectivity index (χ1n) is 3.59. The first-order chi connectivity index (χ1) is 5.11. The molecule has 0 spiro atoms. The summed E-state index contributed by atoms with van der Waals surface area (Å²) < 4.78 is 0. The number of hydrogen-bond donors (Lipinski definition) is 0. The number of rotatable bonds is 3. The zero-order valence-electron chi connectivity index (χ0n) is 7.52. The summed E-state index contributed by atoms with van der Waals surface area (Å²) in [4.78, 5) is 4.27. The Balaban J connectivity index is 4.81. The van der Waals surface area contributed by atoms with E-state index >= 15 is 0 Å². The Labute approximate surface area is 68.9 Å². The number of aliphatic imine (C=N–C) groups is 1. The fourth-order valence-corrected chi connectivity index (χ4v) is 0.640. The zero-order valence-corrected chi connectivity index (χ0v) is 7.52. The van der Waals surface area contributed by atoms with E-state index in [4.69, 9.17) is 0 Å². The van der Waals surface area contributed by atoms with Crippen LogP contribution in [-0.4, -0.2) is 5.71 Å². The minimum atomic E-state index is 0.903. The molecule has 0 heterocycles. The second kappa shape index (κ2) is 4.67. The van der Waals surface area contributed by atoms with E-state index in [2.05, 4.69) is 18.2 Å². The highest BCUT2D eigenvalue weighted by Gasteiger charge is 1.90. The van der Waals surface area contributed by atoms with E-state index < -0.39 is 0 Å². The summed E-state index contributed by atoms with van der Waals surface area (Å²) in [6.45, 7) is 13.2. The summed E-state index contributed by atoms with van der Waals surface area (Å²) in [7, 11) is 0. The monoisotopic (exact) mass is 149 g/mol. The quantitative estimate of drug-likeness (QED) is 0.432. The van der Waals surface area contributed by atoms with Crippen LogP contribution in [0.4, 0.5) is 0 Å². The maximum absolute atomic E-state index is 4.27. The van der Waals surface area contributed by atoms with Crippen LogP contribution in [0, 0.1) is 0 Å². The molecular weight excluding hydrogens is 134 g/mol. The molecule has 0 bridgehead atoms. The number of allylic oxidation sites excluding steroid dienone is 3. The highest BCUT2D eigenvalue weighted by Crippen LogP contribution is 2.07. The molecule has 0 aliphatic rings. The Morgan fingerprint density at radius 1 is 1.09 bits per heavy atom. The summed E-state index contributed by atoms with van der Waals surface area (Å²) in [5, 5.41) is 0. The molecule has 0 unspecified atom stereocenters. The van der Waals surface area contributed by atoms with Crippen molar-refractivity contribution in [2.75, 3.05) is 0 Å². The maximum atomic E-state index is 4.27. The van der Waals surface area contributed by atoms with Crippen LogP contribution in [0.1, 0.15) is 20.8 Å². The van der Waals surface area contributed by atoms with Crippen molar-refractivity contribution in [1.29, 1.82) is 0 Å². The van der Waals surface area contributed by atoms with Gasteiger partial charge in [-0.3, -0.25) is 4.99 Å². The molecule has 0 atom stereocenters. The highest BCUT2D eigenvalue weighted by molar-refractivity contribution is 5.80. The predicted molar refractivity (Wildman–Crippen MR) is 51.9 cm³/mol. The second-order valence-corrected chi connectivity index (χ2v) is 2.54. The standard InChI is InChI=1S/C10H15N/c1-6-9(5)10(7-2)11-8(3)4/h6-7H,1-2H2,3-5H3/b10-9+. The highest BCUT2D eigenvalue weighted by atomic mass is 14.7. The first kappa shape index (κ1) is 9.89. The van der Waals surface area contributed by atoms with Gasteiger partial charge in [-0.25, -0.2) is 0 Å². The fraction of sp³-hybridized carbons (Fsp3) is 0.300. The van der Waals surface area contributed by atoms with Gasteiger partial charge in [0, 0.05) is 5.71 Å². The predicted octanol–water partition coefficient (Wildman–Crippen LogP) is 3.11. The van der Waals surface area contributed by atoms with E-state index in [0.29, 0.717) is 0 Å². The third-order valence-electron chi connectivity index (χ3n) is 1.25. The normalized spacial score (nSPS) is 11.5. The van der Waals surface area contributed by atoms with Crippen molar-refractivity contribution in [1.82, 2.24) is 0 Å². The van der Waals surface area contributed by atoms with E-state index in [1.807, 2.05) is 20.8 Å². The minimum Gasteiger partial charge on any atom is -0.258 e. The summed E-state index contributed by atoms with van der Waals surface area (Å²) in [5.74, 6) is 0. The van der Waals surface area contributed by atoms with E-state index in [0.717, 1.165) is 17.0 Å². The Kier molecular flexibility index (Phi) is 4.20. The lowest BCUT2D eigenvalue weighted by molar-refractivity contribution is 1.30. The Morgan fingerprint density at radius 3 is 1.91 bits per heavy atom. The van der Waals surface area contributed by atoms with Crippen LogP contribution in [0.3, 0.4) is 0 Å². The summed E-state index contributed by atoms with van der Waals surface area (Å²) in [6.07, 6.45) is 3.52. The lowest BCUT2D eigenvalue weighted by Gasteiger charge is -1.97. The van der Waals surface area contributed by atoms with Gasteiger partial charge < -0.3 is 0 Å². The Morgan fingerprint density at radius 2 is 1.64 bits per heavy atom. The smallest absolute Gasteiger partial charge is 0.0651 e. The van der Waals surface area contributed by atoms with Crippen molar-refractivity contribution in [2.45, 2.75) is 20.8 Å². The van der Waals surface area contributed by atoms with Gasteiger partial charge in [0.2, 0.25) is 0 Å². The summed E-state index contributed by atoms with van der Waals surface area (Å²) in [5.41, 5.74) is 2.99. The van der Waals surface area contributed by atoms with Crippen LogP contribution < -0.4 is 0 Å². The van der Waals surface area contributed by atoms with Crippen LogP contribution in [-0.2, 0) is 0 Å². The Hall–Kier alpha value is -1.11. The number of nitrogens with zero attached hydrogens (tertiary/aromatic N) is 1. The fourth-order valence-electron chi connectivity index (χ4n) is 0.640. The van der Waals surface area contributed by atoms with Gasteiger partial charge in [-0.05, 0) is 32.4 Å². The molecule has 0 aromatic rings. The van der Waals surface area contributed by atoms with Gasteiger partial charge in [-0.2, -0.15) is 0 Å². The van der Waals surface area contributed by atoms with Gasteiger partial charge in [-0.1, -0.05) is 19.2 Å². The maximum Gasteiger partial charge on any atom is 0.0651 e. The van der Waals surface area contributed by atoms with Gasteiger partial charge in [0.25, 0.3) is 0 Å². The lowest BCUT2D eigenvalue weighted by Crippen LogP contribution is -1.84. The van der Waals surface area contributed by atoms with Crippen molar-refractivity contribution >= 4 is 5.71 Å². The van der Waals surface area contributed by atoms with Gasteiger partial charge in [0.15, 0.2) is 0 Å². The van der Waals surface area contributed by atoms with E-state index in [9.17, 15) is 0 Å². The van der Waals surface area contributed by atoms with Crippen molar-refractivity contribution in [3.8, 4) is 0 Å². The van der Waals surface area contributed by atoms with Gasteiger partial charge in [0.1, 0.15) is 0 Å². The molecule has 1 heteroatoms. The number of hydrogen-bond acceptors (Lipinski definition) is 1. The molecule has 0 aliphatic carbocycles. The van der Waals surface area contributed by atoms with Crippen molar-refractivity contribution < 1.29 is 0 Å².